The molecule has 3 rings (SSSR count). The zero-order valence-electron chi connectivity index (χ0n) is 17.7. The minimum atomic E-state index is -3.48. The van der Waals surface area contributed by atoms with Crippen molar-refractivity contribution >= 4 is 15.7 Å². The predicted octanol–water partition coefficient (Wildman–Crippen LogP) is 3.11. The van der Waals surface area contributed by atoms with E-state index in [9.17, 15) is 13.2 Å². The monoisotopic (exact) mass is 443 g/mol. The van der Waals surface area contributed by atoms with Gasteiger partial charge in [0.15, 0.2) is 15.7 Å². The third kappa shape index (κ3) is 6.39. The fraction of sp³-hybridized carbons (Fsp3) is 0.318. The van der Waals surface area contributed by atoms with E-state index in [2.05, 4.69) is 15.5 Å². The molecule has 0 aliphatic rings. The van der Waals surface area contributed by atoms with Crippen LogP contribution in [0, 0.1) is 6.92 Å². The molecule has 0 aliphatic carbocycles. The van der Waals surface area contributed by atoms with Crippen molar-refractivity contribution in [3.05, 3.63) is 71.4 Å². The number of carbonyl (C=O) groups excluding carboxylic acids is 1. The lowest BCUT2D eigenvalue weighted by Gasteiger charge is -2.10. The van der Waals surface area contributed by atoms with Gasteiger partial charge in [0.05, 0.1) is 16.8 Å². The molecule has 0 saturated heterocycles. The van der Waals surface area contributed by atoms with E-state index in [1.165, 1.54) is 0 Å². The highest BCUT2D eigenvalue weighted by Gasteiger charge is 2.19. The zero-order valence-corrected chi connectivity index (χ0v) is 18.5. The maximum Gasteiger partial charge on any atom is 0.315 e. The molecule has 0 unspecified atom stereocenters. The van der Waals surface area contributed by atoms with Crippen molar-refractivity contribution in [2.45, 2.75) is 44.7 Å². The number of amides is 1. The number of aryl methyl sites for hydroxylation is 2. The van der Waals surface area contributed by atoms with E-state index in [-0.39, 0.29) is 41.4 Å². The van der Waals surface area contributed by atoms with Gasteiger partial charge in [-0.25, -0.2) is 8.42 Å². The maximum atomic E-state index is 12.4. The van der Waals surface area contributed by atoms with Crippen LogP contribution in [0.4, 0.5) is 0 Å². The normalized spacial score (nSPS) is 11.5. The van der Waals surface area contributed by atoms with Gasteiger partial charge in [-0.05, 0) is 50.6 Å². The molecule has 9 heteroatoms. The molecule has 0 spiro atoms. The average Bonchev–Trinajstić information content (AvgIpc) is 3.21. The summed E-state index contributed by atoms with van der Waals surface area (Å²) in [5.74, 6) is 0.00919. The summed E-state index contributed by atoms with van der Waals surface area (Å²) >= 11 is 0. The average molecular weight is 444 g/mol. The number of nitrogens with zero attached hydrogens (tertiary/aromatic N) is 2. The lowest BCUT2D eigenvalue weighted by molar-refractivity contribution is 0.0907. The summed E-state index contributed by atoms with van der Waals surface area (Å²) in [4.78, 5) is 16.5. The van der Waals surface area contributed by atoms with Gasteiger partial charge in [0.2, 0.25) is 0 Å². The second-order valence-electron chi connectivity index (χ2n) is 7.39. The number of nitrogens with one attached hydrogen (secondary N) is 1. The lowest BCUT2D eigenvalue weighted by atomic mass is 10.2. The number of ether oxygens (including phenoxy) is 1. The Bertz CT molecular complexity index is 1120. The minimum Gasteiger partial charge on any atom is -0.491 e. The van der Waals surface area contributed by atoms with Crippen LogP contribution in [0.3, 0.4) is 0 Å². The summed E-state index contributed by atoms with van der Waals surface area (Å²) in [6.07, 6.45) is 0.133. The first-order valence-electron chi connectivity index (χ1n) is 9.89. The summed E-state index contributed by atoms with van der Waals surface area (Å²) in [6, 6.07) is 14.0. The van der Waals surface area contributed by atoms with Gasteiger partial charge in [0.25, 0.3) is 0 Å². The standard InChI is InChI=1S/C22H25N3O5S/c1-15(2)29-18-8-6-17(7-9-18)14-23-21(26)22-24-20(25-30-22)12-13-31(27,28)19-10-4-16(3)5-11-19/h4-11,15H,12-14H2,1-3H3,(H,23,26). The molecule has 2 aromatic carbocycles. The molecule has 0 atom stereocenters. The Morgan fingerprint density at radius 3 is 2.42 bits per heavy atom. The van der Waals surface area contributed by atoms with E-state index in [0.717, 1.165) is 16.9 Å². The van der Waals surface area contributed by atoms with Gasteiger partial charge in [0.1, 0.15) is 5.75 Å². The number of rotatable bonds is 9. The van der Waals surface area contributed by atoms with Gasteiger partial charge < -0.3 is 14.6 Å². The Labute approximate surface area is 181 Å². The van der Waals surface area contributed by atoms with E-state index in [1.54, 1.807) is 24.3 Å². The highest BCUT2D eigenvalue weighted by Crippen LogP contribution is 2.15. The highest BCUT2D eigenvalue weighted by molar-refractivity contribution is 7.91. The molecule has 0 saturated carbocycles. The van der Waals surface area contributed by atoms with Crippen LogP contribution in [-0.4, -0.2) is 36.3 Å². The molecule has 31 heavy (non-hydrogen) atoms. The first-order chi connectivity index (χ1) is 14.7. The SMILES string of the molecule is Cc1ccc(S(=O)(=O)CCc2noc(C(=O)NCc3ccc(OC(C)C)cc3)n2)cc1. The highest BCUT2D eigenvalue weighted by atomic mass is 32.2. The van der Waals surface area contributed by atoms with E-state index >= 15 is 0 Å². The summed E-state index contributed by atoms with van der Waals surface area (Å²) < 4.78 is 35.4. The van der Waals surface area contributed by atoms with Crippen molar-refractivity contribution in [3.8, 4) is 5.75 Å². The first kappa shape index (κ1) is 22.5. The van der Waals surface area contributed by atoms with E-state index < -0.39 is 15.7 Å². The van der Waals surface area contributed by atoms with E-state index in [4.69, 9.17) is 9.26 Å². The molecule has 0 fully saturated rings. The Kier molecular flexibility index (Phi) is 7.06. The van der Waals surface area contributed by atoms with Gasteiger partial charge in [-0.15, -0.1) is 0 Å². The number of aromatic nitrogens is 2. The summed E-state index contributed by atoms with van der Waals surface area (Å²) in [5, 5.41) is 6.41. The van der Waals surface area contributed by atoms with Crippen LogP contribution >= 0.6 is 0 Å². The van der Waals surface area contributed by atoms with Crippen LogP contribution in [0.25, 0.3) is 0 Å². The molecular formula is C22H25N3O5S. The van der Waals surface area contributed by atoms with Gasteiger partial charge in [-0.2, -0.15) is 4.98 Å². The molecule has 3 aromatic rings. The molecule has 8 nitrogen and oxygen atoms in total. The first-order valence-corrected chi connectivity index (χ1v) is 11.5. The van der Waals surface area contributed by atoms with Gasteiger partial charge in [-0.1, -0.05) is 35.0 Å². The number of hydrogen-bond donors (Lipinski definition) is 1. The van der Waals surface area contributed by atoms with E-state index in [0.29, 0.717) is 0 Å². The fourth-order valence-corrected chi connectivity index (χ4v) is 3.99. The topological polar surface area (TPSA) is 111 Å². The van der Waals surface area contributed by atoms with Gasteiger partial charge >= 0.3 is 11.8 Å². The zero-order chi connectivity index (χ0) is 22.4. The molecule has 1 aromatic heterocycles. The van der Waals surface area contributed by atoms with Crippen molar-refractivity contribution in [1.29, 1.82) is 0 Å². The Morgan fingerprint density at radius 1 is 1.10 bits per heavy atom. The van der Waals surface area contributed by atoms with Gasteiger partial charge in [0, 0.05) is 13.0 Å². The molecule has 0 aliphatic heterocycles. The maximum absolute atomic E-state index is 12.4. The largest absolute Gasteiger partial charge is 0.491 e. The fourth-order valence-electron chi connectivity index (χ4n) is 2.75. The van der Waals surface area contributed by atoms with Gasteiger partial charge in [-0.3, -0.25) is 4.79 Å². The molecular weight excluding hydrogens is 418 g/mol. The summed E-state index contributed by atoms with van der Waals surface area (Å²) in [6.45, 7) is 6.06. The third-order valence-corrected chi connectivity index (χ3v) is 6.12. The number of sulfone groups is 1. The van der Waals surface area contributed by atoms with E-state index in [1.807, 2.05) is 45.0 Å². The number of benzene rings is 2. The molecule has 0 bridgehead atoms. The summed E-state index contributed by atoms with van der Waals surface area (Å²) in [5.41, 5.74) is 1.86. The minimum absolute atomic E-state index is 0.0459. The Balaban J connectivity index is 1.52. The summed E-state index contributed by atoms with van der Waals surface area (Å²) in [7, 11) is -3.48. The lowest BCUT2D eigenvalue weighted by Crippen LogP contribution is -2.23. The molecule has 1 amide bonds. The van der Waals surface area contributed by atoms with Crippen LogP contribution in [0.2, 0.25) is 0 Å². The quantitative estimate of drug-likeness (QED) is 0.541. The Morgan fingerprint density at radius 2 is 1.77 bits per heavy atom. The molecule has 164 valence electrons. The van der Waals surface area contributed by atoms with Crippen LogP contribution in [0.1, 0.15) is 41.5 Å². The van der Waals surface area contributed by atoms with Crippen LogP contribution in [0.15, 0.2) is 57.9 Å². The number of carbonyl (C=O) groups is 1. The molecule has 0 radical (unpaired) electrons. The van der Waals surface area contributed by atoms with Crippen molar-refractivity contribution in [1.82, 2.24) is 15.5 Å². The second kappa shape index (κ2) is 9.74. The molecule has 1 heterocycles. The predicted molar refractivity (Wildman–Crippen MR) is 115 cm³/mol. The van der Waals surface area contributed by atoms with Crippen molar-refractivity contribution in [2.24, 2.45) is 0 Å². The van der Waals surface area contributed by atoms with Crippen LogP contribution in [-0.2, 0) is 22.8 Å². The van der Waals surface area contributed by atoms with Crippen molar-refractivity contribution in [2.75, 3.05) is 5.75 Å². The smallest absolute Gasteiger partial charge is 0.315 e. The second-order valence-corrected chi connectivity index (χ2v) is 9.50. The Hall–Kier alpha value is -3.20. The van der Waals surface area contributed by atoms with Crippen LogP contribution < -0.4 is 10.1 Å². The van der Waals surface area contributed by atoms with Crippen molar-refractivity contribution < 1.29 is 22.5 Å². The number of hydrogen-bond acceptors (Lipinski definition) is 7. The third-order valence-electron chi connectivity index (χ3n) is 4.39. The molecule has 1 N–H and O–H groups in total. The van der Waals surface area contributed by atoms with Crippen molar-refractivity contribution in [3.63, 3.8) is 0 Å². The van der Waals surface area contributed by atoms with Crippen LogP contribution in [0.5, 0.6) is 5.75 Å².